The van der Waals surface area contributed by atoms with E-state index in [4.69, 9.17) is 4.42 Å². The highest BCUT2D eigenvalue weighted by molar-refractivity contribution is 6.11. The summed E-state index contributed by atoms with van der Waals surface area (Å²) in [6.07, 6.45) is 2.33. The number of nitrogens with one attached hydrogen (secondary N) is 1. The number of hydrogen-bond acceptors (Lipinski definition) is 3. The lowest BCUT2D eigenvalue weighted by molar-refractivity contribution is 0.569. The van der Waals surface area contributed by atoms with E-state index >= 15 is 0 Å². The Kier molecular flexibility index (Phi) is 2.36. The predicted octanol–water partition coefficient (Wildman–Crippen LogP) is 3.93. The summed E-state index contributed by atoms with van der Waals surface area (Å²) < 4.78 is 5.38. The number of fused-ring (bicyclic) bond motifs is 3. The lowest BCUT2D eigenvalue weighted by atomic mass is 10.0. The molecule has 4 nitrogen and oxygen atoms in total. The van der Waals surface area contributed by atoms with Crippen LogP contribution in [-0.2, 0) is 6.42 Å². The molecule has 0 atom stereocenters. The number of aromatic amines is 1. The van der Waals surface area contributed by atoms with Gasteiger partial charge in [-0.05, 0) is 30.2 Å². The Bertz CT molecular complexity index is 891. The van der Waals surface area contributed by atoms with Crippen molar-refractivity contribution in [2.75, 3.05) is 0 Å². The molecule has 98 valence electrons. The molecular weight excluding hydrogens is 250 g/mol. The highest BCUT2D eigenvalue weighted by Crippen LogP contribution is 2.33. The number of para-hydroxylation sites is 1. The summed E-state index contributed by atoms with van der Waals surface area (Å²) in [5.41, 5.74) is 4.40. The van der Waals surface area contributed by atoms with Gasteiger partial charge in [0.2, 0.25) is 12.3 Å². The fraction of sp³-hybridized carbons (Fsp3) is 0.125. The minimum atomic E-state index is 0.553. The van der Waals surface area contributed by atoms with E-state index in [1.165, 1.54) is 22.7 Å². The number of hydrogen-bond donors (Lipinski definition) is 1. The van der Waals surface area contributed by atoms with Crippen molar-refractivity contribution in [1.82, 2.24) is 15.2 Å². The molecule has 4 heteroatoms. The van der Waals surface area contributed by atoms with Crippen LogP contribution in [0.5, 0.6) is 0 Å². The maximum absolute atomic E-state index is 5.38. The van der Waals surface area contributed by atoms with E-state index in [1.54, 1.807) is 0 Å². The smallest absolute Gasteiger partial charge is 0.249 e. The first-order valence-corrected chi connectivity index (χ1v) is 6.66. The van der Waals surface area contributed by atoms with Gasteiger partial charge in [0.1, 0.15) is 0 Å². The highest BCUT2D eigenvalue weighted by Gasteiger charge is 2.14. The van der Waals surface area contributed by atoms with Crippen LogP contribution in [0.2, 0.25) is 0 Å². The second-order valence-electron chi connectivity index (χ2n) is 4.83. The summed E-state index contributed by atoms with van der Waals surface area (Å²) in [6, 6.07) is 12.6. The quantitative estimate of drug-likeness (QED) is 0.596. The maximum Gasteiger partial charge on any atom is 0.249 e. The van der Waals surface area contributed by atoms with Crippen LogP contribution in [0, 0.1) is 0 Å². The summed E-state index contributed by atoms with van der Waals surface area (Å²) in [5.74, 6) is 0.553. The van der Waals surface area contributed by atoms with E-state index in [1.807, 2.05) is 6.07 Å². The largest absolute Gasteiger partial charge is 0.423 e. The molecule has 4 aromatic rings. The third-order valence-corrected chi connectivity index (χ3v) is 3.67. The van der Waals surface area contributed by atoms with Crippen LogP contribution in [-0.4, -0.2) is 15.2 Å². The van der Waals surface area contributed by atoms with Crippen LogP contribution < -0.4 is 0 Å². The van der Waals surface area contributed by atoms with Gasteiger partial charge in [-0.2, -0.15) is 0 Å². The predicted molar refractivity (Wildman–Crippen MR) is 78.5 cm³/mol. The van der Waals surface area contributed by atoms with Crippen molar-refractivity contribution >= 4 is 21.8 Å². The number of aromatic nitrogens is 3. The van der Waals surface area contributed by atoms with Crippen molar-refractivity contribution in [3.8, 4) is 11.5 Å². The van der Waals surface area contributed by atoms with Crippen molar-refractivity contribution in [1.29, 1.82) is 0 Å². The first-order valence-electron chi connectivity index (χ1n) is 6.66. The van der Waals surface area contributed by atoms with Gasteiger partial charge in [0.25, 0.3) is 0 Å². The van der Waals surface area contributed by atoms with Crippen molar-refractivity contribution in [2.45, 2.75) is 13.3 Å². The van der Waals surface area contributed by atoms with E-state index < -0.39 is 0 Å². The molecule has 20 heavy (non-hydrogen) atoms. The Hall–Kier alpha value is -2.62. The molecule has 0 aliphatic heterocycles. The number of nitrogens with zero attached hydrogens (tertiary/aromatic N) is 2. The zero-order valence-corrected chi connectivity index (χ0v) is 11.1. The van der Waals surface area contributed by atoms with Crippen LogP contribution in [0.25, 0.3) is 33.3 Å². The van der Waals surface area contributed by atoms with Gasteiger partial charge in [0, 0.05) is 16.3 Å². The van der Waals surface area contributed by atoms with Crippen LogP contribution in [0.15, 0.2) is 47.2 Å². The van der Waals surface area contributed by atoms with E-state index in [0.29, 0.717) is 5.89 Å². The Balaban J connectivity index is 2.16. The second kappa shape index (κ2) is 4.20. The molecule has 0 bridgehead atoms. The van der Waals surface area contributed by atoms with Crippen molar-refractivity contribution in [2.24, 2.45) is 0 Å². The van der Waals surface area contributed by atoms with E-state index in [-0.39, 0.29) is 0 Å². The molecule has 2 aromatic carbocycles. The van der Waals surface area contributed by atoms with Crippen LogP contribution in [0.1, 0.15) is 12.5 Å². The summed E-state index contributed by atoms with van der Waals surface area (Å²) in [4.78, 5) is 3.46. The average Bonchev–Trinajstić information content (AvgIpc) is 3.13. The SMILES string of the molecule is CCc1cc(-c2nnco2)c2[nH]c3ccccc3c2c1. The number of benzene rings is 2. The summed E-state index contributed by atoms with van der Waals surface area (Å²) >= 11 is 0. The maximum atomic E-state index is 5.38. The number of aryl methyl sites for hydroxylation is 1. The minimum absolute atomic E-state index is 0.553. The van der Waals surface area contributed by atoms with Gasteiger partial charge in [0.15, 0.2) is 0 Å². The molecule has 0 aliphatic carbocycles. The van der Waals surface area contributed by atoms with Crippen molar-refractivity contribution < 1.29 is 4.42 Å². The van der Waals surface area contributed by atoms with Crippen molar-refractivity contribution in [3.05, 3.63) is 48.4 Å². The molecule has 4 rings (SSSR count). The van der Waals surface area contributed by atoms with Gasteiger partial charge in [-0.25, -0.2) is 0 Å². The molecule has 1 N–H and O–H groups in total. The number of rotatable bonds is 2. The highest BCUT2D eigenvalue weighted by atomic mass is 16.4. The Morgan fingerprint density at radius 2 is 2.05 bits per heavy atom. The van der Waals surface area contributed by atoms with Gasteiger partial charge >= 0.3 is 0 Å². The monoisotopic (exact) mass is 263 g/mol. The Morgan fingerprint density at radius 1 is 1.15 bits per heavy atom. The normalized spacial score (nSPS) is 11.4. The molecule has 0 saturated carbocycles. The van der Waals surface area contributed by atoms with Gasteiger partial charge in [-0.15, -0.1) is 10.2 Å². The Morgan fingerprint density at radius 3 is 2.85 bits per heavy atom. The second-order valence-corrected chi connectivity index (χ2v) is 4.83. The van der Waals surface area contributed by atoms with Gasteiger partial charge in [-0.1, -0.05) is 25.1 Å². The Labute approximate surface area is 115 Å². The van der Waals surface area contributed by atoms with Crippen LogP contribution in [0.3, 0.4) is 0 Å². The number of H-pyrrole nitrogens is 1. The summed E-state index contributed by atoms with van der Waals surface area (Å²) in [6.45, 7) is 2.15. The lowest BCUT2D eigenvalue weighted by Gasteiger charge is -2.03. The standard InChI is InChI=1S/C16H13N3O/c1-2-10-7-12-11-5-3-4-6-14(11)18-15(12)13(8-10)16-19-17-9-20-16/h3-9,18H,2H2,1H3. The van der Waals surface area contributed by atoms with E-state index in [2.05, 4.69) is 52.4 Å². The molecule has 0 spiro atoms. The lowest BCUT2D eigenvalue weighted by Crippen LogP contribution is -1.86. The fourth-order valence-electron chi connectivity index (χ4n) is 2.67. The van der Waals surface area contributed by atoms with Gasteiger partial charge in [-0.3, -0.25) is 0 Å². The topological polar surface area (TPSA) is 54.7 Å². The molecule has 0 fully saturated rings. The molecule has 2 aromatic heterocycles. The summed E-state index contributed by atoms with van der Waals surface area (Å²) in [5, 5.41) is 10.3. The molecule has 0 saturated heterocycles. The molecule has 0 amide bonds. The van der Waals surface area contributed by atoms with Gasteiger partial charge < -0.3 is 9.40 Å². The van der Waals surface area contributed by atoms with Crippen molar-refractivity contribution in [3.63, 3.8) is 0 Å². The first-order chi connectivity index (χ1) is 9.86. The molecule has 2 heterocycles. The van der Waals surface area contributed by atoms with Crippen LogP contribution >= 0.6 is 0 Å². The third kappa shape index (κ3) is 1.54. The van der Waals surface area contributed by atoms with Gasteiger partial charge in [0.05, 0.1) is 11.1 Å². The minimum Gasteiger partial charge on any atom is -0.423 e. The molecule has 0 unspecified atom stereocenters. The van der Waals surface area contributed by atoms with E-state index in [9.17, 15) is 0 Å². The average molecular weight is 263 g/mol. The first kappa shape index (κ1) is 11.2. The van der Waals surface area contributed by atoms with Crippen LogP contribution in [0.4, 0.5) is 0 Å². The molecule has 0 aliphatic rings. The molecule has 0 radical (unpaired) electrons. The van der Waals surface area contributed by atoms with E-state index in [0.717, 1.165) is 23.0 Å². The molecular formula is C16H13N3O. The summed E-state index contributed by atoms with van der Waals surface area (Å²) in [7, 11) is 0. The zero-order chi connectivity index (χ0) is 13.5. The third-order valence-electron chi connectivity index (χ3n) is 3.67. The fourth-order valence-corrected chi connectivity index (χ4v) is 2.67. The zero-order valence-electron chi connectivity index (χ0n) is 11.1.